The summed E-state index contributed by atoms with van der Waals surface area (Å²) < 4.78 is 22.7. The molecule has 0 aliphatic carbocycles. The predicted molar refractivity (Wildman–Crippen MR) is 240 cm³/mol. The van der Waals surface area contributed by atoms with E-state index in [0.29, 0.717) is 114 Å². The monoisotopic (exact) mass is 870 g/mol. The van der Waals surface area contributed by atoms with E-state index in [4.69, 9.17) is 20.9 Å². The van der Waals surface area contributed by atoms with E-state index in [2.05, 4.69) is 20.2 Å². The first-order chi connectivity index (χ1) is 30.8. The van der Waals surface area contributed by atoms with Crippen molar-refractivity contribution in [1.82, 2.24) is 37.8 Å². The van der Waals surface area contributed by atoms with Crippen molar-refractivity contribution in [1.29, 1.82) is 0 Å². The van der Waals surface area contributed by atoms with E-state index < -0.39 is 23.6 Å². The molecule has 3 aromatic carbocycles. The molecule has 4 heterocycles. The summed E-state index contributed by atoms with van der Waals surface area (Å²) in [6.45, 7) is 12.0. The minimum Gasteiger partial charge on any atom is -0.497 e. The average molecular weight is 871 g/mol. The molecule has 7 aromatic rings. The molecule has 4 aromatic heterocycles. The molecule has 0 unspecified atom stereocenters. The van der Waals surface area contributed by atoms with Crippen LogP contribution in [0.15, 0.2) is 76.7 Å². The fourth-order valence-corrected chi connectivity index (χ4v) is 8.06. The molecule has 64 heavy (non-hydrogen) atoms. The highest BCUT2D eigenvalue weighted by atomic mass is 16.5. The van der Waals surface area contributed by atoms with Crippen molar-refractivity contribution >= 4 is 45.7 Å². The Morgan fingerprint density at radius 2 is 1.22 bits per heavy atom. The van der Waals surface area contributed by atoms with Gasteiger partial charge in [-0.2, -0.15) is 20.2 Å². The Morgan fingerprint density at radius 1 is 0.641 bits per heavy atom. The molecule has 0 saturated carbocycles. The van der Waals surface area contributed by atoms with Crippen LogP contribution in [0.2, 0.25) is 0 Å². The topological polar surface area (TPSA) is 219 Å². The van der Waals surface area contributed by atoms with E-state index in [-0.39, 0.29) is 12.2 Å². The molecule has 0 spiro atoms. The predicted octanol–water partition coefficient (Wildman–Crippen LogP) is 4.94. The van der Waals surface area contributed by atoms with E-state index in [1.807, 2.05) is 78.7 Å². The number of carbonyl (C=O) groups excluding carboxylic acids is 4. The maximum atomic E-state index is 13.9. The molecular weight excluding hydrogens is 817 g/mol. The zero-order valence-corrected chi connectivity index (χ0v) is 37.3. The van der Waals surface area contributed by atoms with Gasteiger partial charge in [0.2, 0.25) is 23.1 Å². The average Bonchev–Trinajstić information content (AvgIpc) is 4.02. The van der Waals surface area contributed by atoms with Gasteiger partial charge in [-0.05, 0) is 114 Å². The second-order valence-electron chi connectivity index (χ2n) is 15.5. The summed E-state index contributed by atoms with van der Waals surface area (Å²) in [5.41, 5.74) is 18.7. The fourth-order valence-electron chi connectivity index (χ4n) is 8.06. The largest absolute Gasteiger partial charge is 0.497 e. The van der Waals surface area contributed by atoms with Crippen molar-refractivity contribution in [2.45, 2.75) is 93.2 Å². The highest BCUT2D eigenvalue weighted by Gasteiger charge is 2.22. The molecule has 0 atom stereocenters. The lowest BCUT2D eigenvalue weighted by Crippen LogP contribution is -2.28. The molecule has 0 fully saturated rings. The minimum atomic E-state index is -0.632. The van der Waals surface area contributed by atoms with Gasteiger partial charge in [0.25, 0.3) is 11.8 Å². The Balaban J connectivity index is 1.26. The number of rotatable bonds is 17. The lowest BCUT2D eigenvalue weighted by Gasteiger charge is -2.13. The first-order valence-corrected chi connectivity index (χ1v) is 21.3. The molecule has 334 valence electrons. The number of hydrogen-bond acceptors (Lipinski definition) is 8. The van der Waals surface area contributed by atoms with Gasteiger partial charge in [0.1, 0.15) is 35.0 Å². The Kier molecular flexibility index (Phi) is 13.1. The molecule has 18 heteroatoms. The van der Waals surface area contributed by atoms with Crippen LogP contribution >= 0.6 is 0 Å². The summed E-state index contributed by atoms with van der Waals surface area (Å²) in [4.78, 5) is 62.0. The number of nitrogens with zero attached hydrogens (tertiary/aromatic N) is 10. The van der Waals surface area contributed by atoms with Gasteiger partial charge in [0.05, 0.1) is 35.0 Å². The normalized spacial score (nSPS) is 12.2. The Hall–Kier alpha value is -7.50. The van der Waals surface area contributed by atoms with E-state index in [9.17, 15) is 19.2 Å². The number of imidazole rings is 2. The van der Waals surface area contributed by atoms with Crippen molar-refractivity contribution < 1.29 is 28.7 Å². The van der Waals surface area contributed by atoms with Crippen LogP contribution in [0.4, 0.5) is 0 Å². The number of carbonyl (C=O) groups is 4. The SMILES string of the molecule is CCn1nc(C)cc1C(=O)N=c1n(CC)c2cc(C(N)=O)ccc2n1CCCCCn1c(=NC(=O)c2cc(C)nn2CC)n(C)c2cc(C(N)=O)cc(OCc3ccc(OC)cc3)c21. The van der Waals surface area contributed by atoms with Gasteiger partial charge in [0.15, 0.2) is 0 Å². The third-order valence-corrected chi connectivity index (χ3v) is 11.2. The number of fused-ring (bicyclic) bond motifs is 2. The number of hydrogen-bond donors (Lipinski definition) is 2. The van der Waals surface area contributed by atoms with Gasteiger partial charge in [-0.3, -0.25) is 28.5 Å². The molecule has 0 bridgehead atoms. The Morgan fingerprint density at radius 3 is 1.78 bits per heavy atom. The van der Waals surface area contributed by atoms with E-state index >= 15 is 0 Å². The number of unbranched alkanes of at least 4 members (excludes halogenated alkanes) is 2. The first-order valence-electron chi connectivity index (χ1n) is 21.3. The van der Waals surface area contributed by atoms with Gasteiger partial charge in [-0.25, -0.2) is 0 Å². The third-order valence-electron chi connectivity index (χ3n) is 11.2. The van der Waals surface area contributed by atoms with Crippen molar-refractivity contribution in [3.05, 3.63) is 117 Å². The smallest absolute Gasteiger partial charge is 0.298 e. The molecular formula is C46H54N12O6. The summed E-state index contributed by atoms with van der Waals surface area (Å²) in [6, 6.07) is 19.5. The highest BCUT2D eigenvalue weighted by molar-refractivity contribution is 5.99. The van der Waals surface area contributed by atoms with Crippen molar-refractivity contribution in [3.63, 3.8) is 0 Å². The highest BCUT2D eigenvalue weighted by Crippen LogP contribution is 2.29. The number of benzene rings is 3. The molecule has 4 N–H and O–H groups in total. The summed E-state index contributed by atoms with van der Waals surface area (Å²) in [6.07, 6.45) is 2.02. The zero-order chi connectivity index (χ0) is 45.8. The number of aromatic nitrogens is 8. The van der Waals surface area contributed by atoms with Crippen LogP contribution in [0.1, 0.15) is 98.7 Å². The van der Waals surface area contributed by atoms with E-state index in [0.717, 1.165) is 16.6 Å². The van der Waals surface area contributed by atoms with E-state index in [1.165, 1.54) is 0 Å². The van der Waals surface area contributed by atoms with E-state index in [1.54, 1.807) is 64.5 Å². The quantitative estimate of drug-likeness (QED) is 0.119. The number of ether oxygens (including phenoxy) is 2. The first kappa shape index (κ1) is 44.6. The third kappa shape index (κ3) is 8.89. The maximum Gasteiger partial charge on any atom is 0.298 e. The fraction of sp³-hybridized carbons (Fsp3) is 0.348. The molecule has 0 saturated heterocycles. The van der Waals surface area contributed by atoms with Gasteiger partial charge in [0, 0.05) is 50.9 Å². The number of methoxy groups -OCH3 is 1. The zero-order valence-electron chi connectivity index (χ0n) is 37.3. The van der Waals surface area contributed by atoms with Crippen LogP contribution in [0.3, 0.4) is 0 Å². The molecule has 0 aliphatic heterocycles. The Labute approximate surface area is 369 Å². The van der Waals surface area contributed by atoms with Gasteiger partial charge in [-0.15, -0.1) is 0 Å². The van der Waals surface area contributed by atoms with Crippen LogP contribution in [-0.2, 0) is 46.4 Å². The lowest BCUT2D eigenvalue weighted by atomic mass is 10.1. The summed E-state index contributed by atoms with van der Waals surface area (Å²) in [5.74, 6) is -0.978. The number of amides is 4. The molecule has 4 amide bonds. The van der Waals surface area contributed by atoms with Crippen LogP contribution in [0, 0.1) is 13.8 Å². The van der Waals surface area contributed by atoms with Crippen LogP contribution in [-0.4, -0.2) is 68.6 Å². The summed E-state index contributed by atoms with van der Waals surface area (Å²) in [5, 5.41) is 8.90. The van der Waals surface area contributed by atoms with Crippen molar-refractivity contribution in [3.8, 4) is 11.5 Å². The molecule has 7 rings (SSSR count). The molecule has 0 radical (unpaired) electrons. The van der Waals surface area contributed by atoms with Gasteiger partial charge >= 0.3 is 0 Å². The second-order valence-corrected chi connectivity index (χ2v) is 15.5. The van der Waals surface area contributed by atoms with Crippen LogP contribution in [0.25, 0.3) is 22.1 Å². The lowest BCUT2D eigenvalue weighted by molar-refractivity contribution is 0.0977. The maximum absolute atomic E-state index is 13.9. The standard InChI is InChI=1S/C46H54N12O6/c1-8-54-35-24-31(41(47)59)16-19-34(35)55(46(54)50-44(62)38-23-29(5)52-58(38)10-3)20-12-11-13-21-56-40-36(53(6)45(56)49-43(61)37-22-28(4)51-57(37)9-2)25-32(42(48)60)26-39(40)64-27-30-14-17-33(63-7)18-15-30/h14-19,22-26H,8-13,20-21,27H2,1-7H3,(H2,47,59)(H2,48,60). The number of primary amides is 2. The van der Waals surface area contributed by atoms with Crippen LogP contribution in [0.5, 0.6) is 11.5 Å². The summed E-state index contributed by atoms with van der Waals surface area (Å²) >= 11 is 0. The van der Waals surface area contributed by atoms with Gasteiger partial charge < -0.3 is 39.2 Å². The summed E-state index contributed by atoms with van der Waals surface area (Å²) in [7, 11) is 3.39. The second kappa shape index (κ2) is 18.9. The van der Waals surface area contributed by atoms with Crippen molar-refractivity contribution in [2.24, 2.45) is 28.5 Å². The molecule has 0 aliphatic rings. The minimum absolute atomic E-state index is 0.177. The number of nitrogens with two attached hydrogens (primary N) is 2. The van der Waals surface area contributed by atoms with Crippen molar-refractivity contribution in [2.75, 3.05) is 7.11 Å². The van der Waals surface area contributed by atoms with Crippen LogP contribution < -0.4 is 32.2 Å². The molecule has 18 nitrogen and oxygen atoms in total. The number of aryl methyl sites for hydroxylation is 8. The Bertz CT molecular complexity index is 3060. The van der Waals surface area contributed by atoms with Gasteiger partial charge in [-0.1, -0.05) is 12.1 Å².